The highest BCUT2D eigenvalue weighted by Crippen LogP contribution is 2.23. The zero-order valence-electron chi connectivity index (χ0n) is 13.3. The fourth-order valence-electron chi connectivity index (χ4n) is 3.20. The molecule has 1 aromatic heterocycles. The Morgan fingerprint density at radius 1 is 1.30 bits per heavy atom. The van der Waals surface area contributed by atoms with Gasteiger partial charge in [-0.1, -0.05) is 0 Å². The van der Waals surface area contributed by atoms with Crippen molar-refractivity contribution in [3.05, 3.63) is 18.6 Å². The average Bonchev–Trinajstić information content (AvgIpc) is 2.90. The molecule has 2 amide bonds. The van der Waals surface area contributed by atoms with Crippen LogP contribution in [0.1, 0.15) is 32.1 Å². The van der Waals surface area contributed by atoms with Crippen LogP contribution in [0.2, 0.25) is 0 Å². The van der Waals surface area contributed by atoms with Gasteiger partial charge in [0.2, 0.25) is 17.7 Å². The smallest absolute Gasteiger partial charge is 0.232 e. The summed E-state index contributed by atoms with van der Waals surface area (Å²) in [4.78, 5) is 33.5. The molecule has 7 nitrogen and oxygen atoms in total. The number of carbonyl (C=O) groups is 2. The van der Waals surface area contributed by atoms with Gasteiger partial charge in [-0.15, -0.1) is 0 Å². The fraction of sp³-hybridized carbons (Fsp3) is 0.625. The molecule has 1 unspecified atom stereocenters. The normalized spacial score (nSPS) is 27.8. The van der Waals surface area contributed by atoms with Crippen molar-refractivity contribution in [3.8, 4) is 5.88 Å². The van der Waals surface area contributed by atoms with E-state index >= 15 is 0 Å². The quantitative estimate of drug-likeness (QED) is 0.886. The molecule has 0 spiro atoms. The molecule has 1 saturated heterocycles. The van der Waals surface area contributed by atoms with Gasteiger partial charge in [0.25, 0.3) is 0 Å². The Morgan fingerprint density at radius 2 is 2.09 bits per heavy atom. The highest BCUT2D eigenvalue weighted by Gasteiger charge is 2.33. The van der Waals surface area contributed by atoms with Crippen LogP contribution < -0.4 is 10.1 Å². The molecule has 124 valence electrons. The lowest BCUT2D eigenvalue weighted by Gasteiger charge is -2.29. The third-order valence-electron chi connectivity index (χ3n) is 4.56. The summed E-state index contributed by atoms with van der Waals surface area (Å²) in [7, 11) is 1.74. The van der Waals surface area contributed by atoms with E-state index in [1.165, 1.54) is 0 Å². The summed E-state index contributed by atoms with van der Waals surface area (Å²) in [6.07, 6.45) is 8.82. The Kier molecular flexibility index (Phi) is 4.73. The summed E-state index contributed by atoms with van der Waals surface area (Å²) in [5.74, 6) is 0.390. The van der Waals surface area contributed by atoms with Crippen LogP contribution in [-0.2, 0) is 9.59 Å². The van der Waals surface area contributed by atoms with Crippen LogP contribution in [-0.4, -0.2) is 52.4 Å². The number of nitrogens with one attached hydrogen (secondary N) is 1. The van der Waals surface area contributed by atoms with E-state index in [1.54, 1.807) is 30.5 Å². The van der Waals surface area contributed by atoms with Crippen LogP contribution in [0, 0.1) is 5.92 Å². The third kappa shape index (κ3) is 3.97. The van der Waals surface area contributed by atoms with E-state index in [2.05, 4.69) is 15.3 Å². The Balaban J connectivity index is 1.42. The number of hydrogen-bond donors (Lipinski definition) is 1. The predicted octanol–water partition coefficient (Wildman–Crippen LogP) is 0.761. The number of rotatable bonds is 4. The molecule has 0 bridgehead atoms. The second kappa shape index (κ2) is 6.93. The highest BCUT2D eigenvalue weighted by molar-refractivity contribution is 5.89. The topological polar surface area (TPSA) is 84.4 Å². The van der Waals surface area contributed by atoms with Crippen LogP contribution in [0.3, 0.4) is 0 Å². The van der Waals surface area contributed by atoms with E-state index in [0.717, 1.165) is 25.7 Å². The van der Waals surface area contributed by atoms with Gasteiger partial charge in [-0.3, -0.25) is 14.6 Å². The highest BCUT2D eigenvalue weighted by atomic mass is 16.5. The number of nitrogens with zero attached hydrogens (tertiary/aromatic N) is 3. The van der Waals surface area contributed by atoms with Crippen LogP contribution >= 0.6 is 0 Å². The number of carbonyl (C=O) groups excluding carboxylic acids is 2. The van der Waals surface area contributed by atoms with Gasteiger partial charge >= 0.3 is 0 Å². The molecule has 7 heteroatoms. The fourth-order valence-corrected chi connectivity index (χ4v) is 3.20. The first-order chi connectivity index (χ1) is 11.1. The van der Waals surface area contributed by atoms with Gasteiger partial charge in [-0.2, -0.15) is 0 Å². The first-order valence-corrected chi connectivity index (χ1v) is 8.09. The molecule has 23 heavy (non-hydrogen) atoms. The third-order valence-corrected chi connectivity index (χ3v) is 4.56. The molecule has 2 aliphatic rings. The van der Waals surface area contributed by atoms with Crippen LogP contribution in [0.25, 0.3) is 0 Å². The van der Waals surface area contributed by atoms with Gasteiger partial charge in [0.15, 0.2) is 0 Å². The Labute approximate surface area is 135 Å². The molecule has 2 fully saturated rings. The van der Waals surface area contributed by atoms with Crippen molar-refractivity contribution in [3.63, 3.8) is 0 Å². The lowest BCUT2D eigenvalue weighted by Crippen LogP contribution is -2.42. The lowest BCUT2D eigenvalue weighted by atomic mass is 9.92. The maximum absolute atomic E-state index is 12.2. The van der Waals surface area contributed by atoms with E-state index in [9.17, 15) is 9.59 Å². The van der Waals surface area contributed by atoms with E-state index < -0.39 is 0 Å². The van der Waals surface area contributed by atoms with Crippen LogP contribution in [0.5, 0.6) is 5.88 Å². The summed E-state index contributed by atoms with van der Waals surface area (Å²) in [6.45, 7) is 0.524. The van der Waals surface area contributed by atoms with Crippen molar-refractivity contribution >= 4 is 11.8 Å². The molecule has 1 aliphatic carbocycles. The molecular weight excluding hydrogens is 296 g/mol. The summed E-state index contributed by atoms with van der Waals surface area (Å²) in [6, 6.07) is 0.171. The molecule has 2 heterocycles. The largest absolute Gasteiger partial charge is 0.473 e. The molecule has 1 aromatic rings. The minimum Gasteiger partial charge on any atom is -0.473 e. The zero-order valence-corrected chi connectivity index (χ0v) is 13.3. The van der Waals surface area contributed by atoms with Gasteiger partial charge in [0, 0.05) is 38.4 Å². The van der Waals surface area contributed by atoms with Crippen molar-refractivity contribution in [2.45, 2.75) is 44.2 Å². The lowest BCUT2D eigenvalue weighted by molar-refractivity contribution is -0.128. The van der Waals surface area contributed by atoms with Crippen LogP contribution in [0.4, 0.5) is 0 Å². The molecule has 1 saturated carbocycles. The maximum atomic E-state index is 12.2. The molecule has 0 aromatic carbocycles. The summed E-state index contributed by atoms with van der Waals surface area (Å²) in [5.41, 5.74) is 0. The Bertz CT molecular complexity index is 558. The zero-order chi connectivity index (χ0) is 16.2. The Hall–Kier alpha value is -2.18. The molecule has 1 atom stereocenters. The average molecular weight is 318 g/mol. The molecule has 0 radical (unpaired) electrons. The molecule has 1 aliphatic heterocycles. The minimum absolute atomic E-state index is 0.000921. The number of likely N-dealkylation sites (tertiary alicyclic amines) is 1. The SMILES string of the molecule is CN1CC(C(=O)NC2CCC(Oc3cnccn3)CC2)CC1=O. The number of ether oxygens (including phenoxy) is 1. The predicted molar refractivity (Wildman–Crippen MR) is 82.6 cm³/mol. The Morgan fingerprint density at radius 3 is 2.70 bits per heavy atom. The van der Waals surface area contributed by atoms with Gasteiger partial charge in [0.1, 0.15) is 6.10 Å². The second-order valence-corrected chi connectivity index (χ2v) is 6.32. The van der Waals surface area contributed by atoms with Crippen molar-refractivity contribution in [1.29, 1.82) is 0 Å². The van der Waals surface area contributed by atoms with Crippen molar-refractivity contribution in [2.75, 3.05) is 13.6 Å². The van der Waals surface area contributed by atoms with Gasteiger partial charge in [0.05, 0.1) is 12.1 Å². The summed E-state index contributed by atoms with van der Waals surface area (Å²) >= 11 is 0. The molecule has 3 rings (SSSR count). The van der Waals surface area contributed by atoms with Gasteiger partial charge in [-0.25, -0.2) is 4.98 Å². The van der Waals surface area contributed by atoms with E-state index in [0.29, 0.717) is 18.8 Å². The number of hydrogen-bond acceptors (Lipinski definition) is 5. The first kappa shape index (κ1) is 15.7. The summed E-state index contributed by atoms with van der Waals surface area (Å²) < 4.78 is 5.80. The molecular formula is C16H22N4O3. The number of amides is 2. The number of aromatic nitrogens is 2. The first-order valence-electron chi connectivity index (χ1n) is 8.09. The van der Waals surface area contributed by atoms with Gasteiger partial charge < -0.3 is 15.0 Å². The maximum Gasteiger partial charge on any atom is 0.232 e. The van der Waals surface area contributed by atoms with Crippen molar-refractivity contribution < 1.29 is 14.3 Å². The van der Waals surface area contributed by atoms with Crippen molar-refractivity contribution in [2.24, 2.45) is 5.92 Å². The monoisotopic (exact) mass is 318 g/mol. The van der Waals surface area contributed by atoms with Gasteiger partial charge in [-0.05, 0) is 25.7 Å². The van der Waals surface area contributed by atoms with E-state index in [-0.39, 0.29) is 29.9 Å². The van der Waals surface area contributed by atoms with Crippen molar-refractivity contribution in [1.82, 2.24) is 20.2 Å². The minimum atomic E-state index is -0.207. The standard InChI is InChI=1S/C16H22N4O3/c1-20-10-11(8-15(20)21)16(22)19-12-2-4-13(5-3-12)23-14-9-17-6-7-18-14/h6-7,9,11-13H,2-5,8,10H2,1H3,(H,19,22). The second-order valence-electron chi connectivity index (χ2n) is 6.32. The molecule has 1 N–H and O–H groups in total. The summed E-state index contributed by atoms with van der Waals surface area (Å²) in [5, 5.41) is 3.08. The van der Waals surface area contributed by atoms with Crippen LogP contribution in [0.15, 0.2) is 18.6 Å². The van der Waals surface area contributed by atoms with E-state index in [1.807, 2.05) is 0 Å². The van der Waals surface area contributed by atoms with E-state index in [4.69, 9.17) is 4.74 Å².